The fourth-order valence-corrected chi connectivity index (χ4v) is 1.18. The normalized spacial score (nSPS) is 11.0. The number of carbonyl (C=O) groups is 3. The molecule has 10 heteroatoms. The summed E-state index contributed by atoms with van der Waals surface area (Å²) in [4.78, 5) is 33.0. The fraction of sp³-hybridized carbons (Fsp3) is 0.615. The minimum absolute atomic E-state index is 0.00566. The zero-order valence-electron chi connectivity index (χ0n) is 13.0. The lowest BCUT2D eigenvalue weighted by Gasteiger charge is -2.19. The molecule has 0 saturated carbocycles. The predicted octanol–water partition coefficient (Wildman–Crippen LogP) is -1.87. The largest absolute Gasteiger partial charge is 0.463 e. The van der Waals surface area contributed by atoms with Gasteiger partial charge < -0.3 is 18.9 Å². The Bertz CT molecular complexity index is 432. The van der Waals surface area contributed by atoms with E-state index in [0.717, 1.165) is 0 Å². The number of rotatable bonds is 12. The molecule has 0 heterocycles. The highest BCUT2D eigenvalue weighted by molar-refractivity contribution is 5.94. The summed E-state index contributed by atoms with van der Waals surface area (Å²) in [6, 6.07) is 0. The molecule has 23 heavy (non-hydrogen) atoms. The van der Waals surface area contributed by atoms with Crippen LogP contribution in [0.3, 0.4) is 0 Å². The highest BCUT2D eigenvalue weighted by Crippen LogP contribution is 1.98. The number of nitrogens with two attached hydrogens (primary N) is 3. The smallest absolute Gasteiger partial charge is 0.339 e. The lowest BCUT2D eigenvalue weighted by atomic mass is 10.3. The molecule has 0 spiro atoms. The van der Waals surface area contributed by atoms with Crippen molar-refractivity contribution >= 4 is 17.7 Å². The monoisotopic (exact) mass is 333 g/mol. The van der Waals surface area contributed by atoms with Gasteiger partial charge in [0.05, 0.1) is 32.0 Å². The van der Waals surface area contributed by atoms with Crippen LogP contribution in [-0.2, 0) is 33.3 Å². The molecule has 10 nitrogen and oxygen atoms in total. The van der Waals surface area contributed by atoms with E-state index in [1.54, 1.807) is 0 Å². The second-order valence-corrected chi connectivity index (χ2v) is 4.61. The quantitative estimate of drug-likeness (QED) is 0.121. The highest BCUT2D eigenvalue weighted by Gasteiger charge is 2.20. The first-order chi connectivity index (χ1) is 10.6. The third-order valence-corrected chi connectivity index (χ3v) is 2.09. The van der Waals surface area contributed by atoms with E-state index in [-0.39, 0.29) is 50.8 Å². The summed E-state index contributed by atoms with van der Waals surface area (Å²) in [5.41, 5.74) is 15.3. The fourth-order valence-electron chi connectivity index (χ4n) is 1.18. The van der Waals surface area contributed by atoms with Gasteiger partial charge in [-0.2, -0.15) is 0 Å². The Labute approximate surface area is 133 Å². The van der Waals surface area contributed by atoms with Crippen molar-refractivity contribution in [2.24, 2.45) is 17.2 Å². The molecule has 0 saturated heterocycles. The highest BCUT2D eigenvalue weighted by atomic mass is 16.6. The van der Waals surface area contributed by atoms with Gasteiger partial charge in [-0.05, 0) is 6.92 Å². The zero-order chi connectivity index (χ0) is 17.9. The number of ether oxygens (including phenoxy) is 4. The molecule has 0 atom stereocenters. The van der Waals surface area contributed by atoms with Gasteiger partial charge in [0, 0.05) is 0 Å². The summed E-state index contributed by atoms with van der Waals surface area (Å²) in [7, 11) is 0. The van der Waals surface area contributed by atoms with Crippen LogP contribution in [0.1, 0.15) is 13.3 Å². The minimum Gasteiger partial charge on any atom is -0.463 e. The molecule has 0 amide bonds. The standard InChI is InChI=1S/C13H23N3O7/c1-9(12(19)23-13(14,15)16)8-21-4-3-20-5-6-22-11(18)7-10(2)17/h1,3-8,14-16H2,2H3. The van der Waals surface area contributed by atoms with Crippen LogP contribution in [0, 0.1) is 0 Å². The Morgan fingerprint density at radius 3 is 2.13 bits per heavy atom. The topological polar surface area (TPSA) is 166 Å². The number of hydrogen-bond acceptors (Lipinski definition) is 10. The van der Waals surface area contributed by atoms with Crippen LogP contribution in [0.2, 0.25) is 0 Å². The Hall–Kier alpha value is -1.85. The van der Waals surface area contributed by atoms with Gasteiger partial charge in [-0.25, -0.2) is 4.79 Å². The lowest BCUT2D eigenvalue weighted by molar-refractivity contribution is -0.154. The maximum Gasteiger partial charge on any atom is 0.339 e. The summed E-state index contributed by atoms with van der Waals surface area (Å²) in [5.74, 6) is -3.79. The number of carbonyl (C=O) groups excluding carboxylic acids is 3. The van der Waals surface area contributed by atoms with Gasteiger partial charge in [0.25, 0.3) is 5.97 Å². The van der Waals surface area contributed by atoms with Crippen molar-refractivity contribution in [3.8, 4) is 0 Å². The van der Waals surface area contributed by atoms with E-state index < -0.39 is 17.9 Å². The molecule has 0 radical (unpaired) electrons. The predicted molar refractivity (Wildman–Crippen MR) is 78.4 cm³/mol. The van der Waals surface area contributed by atoms with Crippen LogP contribution < -0.4 is 17.2 Å². The number of hydrogen-bond donors (Lipinski definition) is 3. The van der Waals surface area contributed by atoms with Crippen molar-refractivity contribution in [3.63, 3.8) is 0 Å². The Balaban J connectivity index is 3.56. The van der Waals surface area contributed by atoms with Gasteiger partial charge in [0.15, 0.2) is 0 Å². The van der Waals surface area contributed by atoms with E-state index in [4.69, 9.17) is 31.4 Å². The van der Waals surface area contributed by atoms with Gasteiger partial charge in [-0.15, -0.1) is 0 Å². The summed E-state index contributed by atoms with van der Waals surface area (Å²) < 4.78 is 19.4. The van der Waals surface area contributed by atoms with Gasteiger partial charge in [0.2, 0.25) is 0 Å². The van der Waals surface area contributed by atoms with E-state index in [1.807, 2.05) is 0 Å². The molecular weight excluding hydrogens is 310 g/mol. The third-order valence-electron chi connectivity index (χ3n) is 2.09. The number of esters is 2. The molecule has 0 aromatic heterocycles. The maximum absolute atomic E-state index is 11.4. The van der Waals surface area contributed by atoms with E-state index in [2.05, 4.69) is 11.3 Å². The molecule has 0 unspecified atom stereocenters. The van der Waals surface area contributed by atoms with E-state index in [1.165, 1.54) is 6.92 Å². The summed E-state index contributed by atoms with van der Waals surface area (Å²) >= 11 is 0. The Morgan fingerprint density at radius 2 is 1.57 bits per heavy atom. The van der Waals surface area contributed by atoms with Gasteiger partial charge in [-0.3, -0.25) is 26.8 Å². The Kier molecular flexibility index (Phi) is 9.94. The molecule has 0 bridgehead atoms. The van der Waals surface area contributed by atoms with Crippen molar-refractivity contribution < 1.29 is 33.3 Å². The average Bonchev–Trinajstić information content (AvgIpc) is 2.38. The summed E-state index contributed by atoms with van der Waals surface area (Å²) in [6.45, 7) is 5.21. The van der Waals surface area contributed by atoms with Crippen LogP contribution in [-0.4, -0.2) is 56.7 Å². The van der Waals surface area contributed by atoms with Crippen LogP contribution in [0.25, 0.3) is 0 Å². The molecular formula is C13H23N3O7. The lowest BCUT2D eigenvalue weighted by Crippen LogP contribution is -2.61. The third kappa shape index (κ3) is 13.5. The van der Waals surface area contributed by atoms with Gasteiger partial charge in [-0.1, -0.05) is 6.58 Å². The van der Waals surface area contributed by atoms with Crippen molar-refractivity contribution in [3.05, 3.63) is 12.2 Å². The minimum atomic E-state index is -2.07. The average molecular weight is 333 g/mol. The first kappa shape index (κ1) is 21.1. The first-order valence-electron chi connectivity index (χ1n) is 6.70. The molecule has 0 aliphatic heterocycles. The maximum atomic E-state index is 11.4. The molecule has 0 aromatic rings. The molecule has 6 N–H and O–H groups in total. The van der Waals surface area contributed by atoms with Gasteiger partial charge in [0.1, 0.15) is 18.8 Å². The Morgan fingerprint density at radius 1 is 1.00 bits per heavy atom. The second-order valence-electron chi connectivity index (χ2n) is 4.61. The molecule has 132 valence electrons. The van der Waals surface area contributed by atoms with Gasteiger partial charge >= 0.3 is 11.9 Å². The first-order valence-corrected chi connectivity index (χ1v) is 6.70. The number of ketones is 1. The summed E-state index contributed by atoms with van der Waals surface area (Å²) in [5, 5.41) is 0. The molecule has 0 aliphatic rings. The molecule has 0 rings (SSSR count). The molecule has 0 aliphatic carbocycles. The SMILES string of the molecule is C=C(COCCOCCOC(=O)CC(C)=O)C(=O)OC(N)(N)N. The van der Waals surface area contributed by atoms with Crippen molar-refractivity contribution in [1.29, 1.82) is 0 Å². The van der Waals surface area contributed by atoms with Crippen molar-refractivity contribution in [2.75, 3.05) is 33.0 Å². The van der Waals surface area contributed by atoms with E-state index in [0.29, 0.717) is 0 Å². The number of Topliss-reactive ketones (excluding diaryl/α,β-unsaturated/α-hetero) is 1. The molecule has 0 fully saturated rings. The van der Waals surface area contributed by atoms with Crippen LogP contribution in [0.5, 0.6) is 0 Å². The van der Waals surface area contributed by atoms with E-state index >= 15 is 0 Å². The van der Waals surface area contributed by atoms with E-state index in [9.17, 15) is 14.4 Å². The van der Waals surface area contributed by atoms with Crippen molar-refractivity contribution in [1.82, 2.24) is 0 Å². The molecule has 0 aromatic carbocycles. The second kappa shape index (κ2) is 10.8. The summed E-state index contributed by atoms with van der Waals surface area (Å²) in [6.07, 6.45) is -0.253. The van der Waals surface area contributed by atoms with Crippen LogP contribution in [0.15, 0.2) is 12.2 Å². The zero-order valence-corrected chi connectivity index (χ0v) is 13.0. The van der Waals surface area contributed by atoms with Crippen LogP contribution in [0.4, 0.5) is 0 Å². The van der Waals surface area contributed by atoms with Crippen LogP contribution >= 0.6 is 0 Å². The van der Waals surface area contributed by atoms with Crippen molar-refractivity contribution in [2.45, 2.75) is 19.3 Å².